The Labute approximate surface area is 135 Å². The Bertz CT molecular complexity index is 502. The number of benzene rings is 1. The van der Waals surface area contributed by atoms with Crippen LogP contribution in [0, 0.1) is 23.7 Å². The van der Waals surface area contributed by atoms with Gasteiger partial charge < -0.3 is 10.1 Å². The van der Waals surface area contributed by atoms with Gasteiger partial charge in [-0.1, -0.05) is 15.9 Å². The molecule has 5 rings (SSSR count). The number of halogens is 1. The lowest BCUT2D eigenvalue weighted by Gasteiger charge is -2.54. The van der Waals surface area contributed by atoms with Crippen molar-refractivity contribution in [2.24, 2.45) is 23.7 Å². The Kier molecular flexibility index (Phi) is 3.74. The maximum atomic E-state index is 5.35. The summed E-state index contributed by atoms with van der Waals surface area (Å²) < 4.78 is 6.53. The molecule has 1 aromatic carbocycles. The first-order chi connectivity index (χ1) is 10.2. The van der Waals surface area contributed by atoms with Gasteiger partial charge in [0, 0.05) is 17.1 Å². The second-order valence-corrected chi connectivity index (χ2v) is 8.15. The molecule has 2 nitrogen and oxygen atoms in total. The molecule has 4 aliphatic rings. The van der Waals surface area contributed by atoms with Crippen LogP contribution in [0.1, 0.15) is 37.7 Å². The molecule has 1 aromatic rings. The fraction of sp³-hybridized carbons (Fsp3) is 0.667. The van der Waals surface area contributed by atoms with Gasteiger partial charge in [0.15, 0.2) is 0 Å². The van der Waals surface area contributed by atoms with Crippen LogP contribution >= 0.6 is 15.9 Å². The molecule has 114 valence electrons. The van der Waals surface area contributed by atoms with E-state index in [0.717, 1.165) is 42.0 Å². The second-order valence-electron chi connectivity index (χ2n) is 7.29. The van der Waals surface area contributed by atoms with Crippen molar-refractivity contribution >= 4 is 15.9 Å². The van der Waals surface area contributed by atoms with Gasteiger partial charge in [0.1, 0.15) is 5.75 Å². The summed E-state index contributed by atoms with van der Waals surface area (Å²) in [5, 5.41) is 3.89. The third-order valence-corrected chi connectivity index (χ3v) is 6.78. The van der Waals surface area contributed by atoms with Gasteiger partial charge in [0.2, 0.25) is 0 Å². The van der Waals surface area contributed by atoms with E-state index in [1.165, 1.54) is 42.1 Å². The summed E-state index contributed by atoms with van der Waals surface area (Å²) in [6.45, 7) is 0.949. The van der Waals surface area contributed by atoms with Crippen molar-refractivity contribution in [3.63, 3.8) is 0 Å². The molecule has 4 saturated carbocycles. The van der Waals surface area contributed by atoms with Crippen LogP contribution < -0.4 is 10.1 Å². The Morgan fingerprint density at radius 3 is 2.38 bits per heavy atom. The minimum absolute atomic E-state index is 0.746. The van der Waals surface area contributed by atoms with Gasteiger partial charge in [-0.25, -0.2) is 0 Å². The predicted octanol–water partition coefficient (Wildman–Crippen LogP) is 4.37. The van der Waals surface area contributed by atoms with Crippen LogP contribution in [-0.2, 0) is 6.54 Å². The zero-order chi connectivity index (χ0) is 14.4. The van der Waals surface area contributed by atoms with Crippen molar-refractivity contribution in [3.8, 4) is 5.75 Å². The molecule has 0 radical (unpaired) electrons. The van der Waals surface area contributed by atoms with Gasteiger partial charge in [0.05, 0.1) is 7.11 Å². The maximum absolute atomic E-state index is 5.35. The SMILES string of the molecule is COc1ccc(Br)c(CNC2C3CC4CC(C3)CC2C4)c1. The van der Waals surface area contributed by atoms with E-state index in [2.05, 4.69) is 33.4 Å². The quantitative estimate of drug-likeness (QED) is 0.871. The first-order valence-corrected chi connectivity index (χ1v) is 9.08. The third kappa shape index (κ3) is 2.63. The fourth-order valence-corrected chi connectivity index (χ4v) is 5.69. The van der Waals surface area contributed by atoms with Gasteiger partial charge in [-0.15, -0.1) is 0 Å². The van der Waals surface area contributed by atoms with Crippen molar-refractivity contribution in [1.82, 2.24) is 5.32 Å². The van der Waals surface area contributed by atoms with Crippen LogP contribution in [-0.4, -0.2) is 13.2 Å². The molecule has 0 aromatic heterocycles. The molecule has 0 saturated heterocycles. The van der Waals surface area contributed by atoms with Crippen molar-refractivity contribution in [2.75, 3.05) is 7.11 Å². The molecule has 1 N–H and O–H groups in total. The van der Waals surface area contributed by atoms with Crippen LogP contribution in [0.25, 0.3) is 0 Å². The van der Waals surface area contributed by atoms with Crippen LogP contribution in [0.2, 0.25) is 0 Å². The molecule has 0 aliphatic heterocycles. The van der Waals surface area contributed by atoms with Crippen LogP contribution in [0.3, 0.4) is 0 Å². The summed E-state index contributed by atoms with van der Waals surface area (Å²) >= 11 is 3.67. The molecule has 4 bridgehead atoms. The average Bonchev–Trinajstić information content (AvgIpc) is 2.47. The molecular formula is C18H24BrNO. The highest BCUT2D eigenvalue weighted by Gasteiger charge is 2.47. The number of nitrogens with one attached hydrogen (secondary N) is 1. The Morgan fingerprint density at radius 2 is 1.76 bits per heavy atom. The highest BCUT2D eigenvalue weighted by molar-refractivity contribution is 9.10. The lowest BCUT2D eigenvalue weighted by Crippen LogP contribution is -2.54. The maximum Gasteiger partial charge on any atom is 0.119 e. The van der Waals surface area contributed by atoms with Gasteiger partial charge in [0.25, 0.3) is 0 Å². The zero-order valence-electron chi connectivity index (χ0n) is 12.6. The van der Waals surface area contributed by atoms with Crippen molar-refractivity contribution in [3.05, 3.63) is 28.2 Å². The van der Waals surface area contributed by atoms with Crippen molar-refractivity contribution < 1.29 is 4.74 Å². The summed E-state index contributed by atoms with van der Waals surface area (Å²) in [6, 6.07) is 6.99. The topological polar surface area (TPSA) is 21.3 Å². The lowest BCUT2D eigenvalue weighted by atomic mass is 9.54. The highest BCUT2D eigenvalue weighted by atomic mass is 79.9. The Hall–Kier alpha value is -0.540. The van der Waals surface area contributed by atoms with Gasteiger partial charge in [-0.3, -0.25) is 0 Å². The molecule has 4 fully saturated rings. The van der Waals surface area contributed by atoms with E-state index >= 15 is 0 Å². The standard InChI is InChI=1S/C18H24BrNO/c1-21-16-2-3-17(19)15(9-16)10-20-18-13-5-11-4-12(7-13)8-14(18)6-11/h2-3,9,11-14,18,20H,4-8,10H2,1H3. The largest absolute Gasteiger partial charge is 0.497 e. The third-order valence-electron chi connectivity index (χ3n) is 6.01. The van der Waals surface area contributed by atoms with Gasteiger partial charge in [-0.05, 0) is 79.5 Å². The monoisotopic (exact) mass is 349 g/mol. The smallest absolute Gasteiger partial charge is 0.119 e. The molecule has 0 amide bonds. The minimum Gasteiger partial charge on any atom is -0.497 e. The summed E-state index contributed by atoms with van der Waals surface area (Å²) in [7, 11) is 1.73. The van der Waals surface area contributed by atoms with Crippen LogP contribution in [0.4, 0.5) is 0 Å². The van der Waals surface area contributed by atoms with Gasteiger partial charge >= 0.3 is 0 Å². The molecule has 0 unspecified atom stereocenters. The average molecular weight is 350 g/mol. The number of hydrogen-bond donors (Lipinski definition) is 1. The summed E-state index contributed by atoms with van der Waals surface area (Å²) in [5.41, 5.74) is 1.31. The molecular weight excluding hydrogens is 326 g/mol. The van der Waals surface area contributed by atoms with E-state index in [1.807, 2.05) is 6.07 Å². The van der Waals surface area contributed by atoms with E-state index in [1.54, 1.807) is 7.11 Å². The summed E-state index contributed by atoms with van der Waals surface area (Å²) in [4.78, 5) is 0. The van der Waals surface area contributed by atoms with Crippen LogP contribution in [0.5, 0.6) is 5.75 Å². The molecule has 3 heteroatoms. The first kappa shape index (κ1) is 14.1. The molecule has 4 aliphatic carbocycles. The minimum atomic E-state index is 0.746. The normalized spacial score (nSPS) is 37.0. The molecule has 0 heterocycles. The van der Waals surface area contributed by atoms with E-state index in [9.17, 15) is 0 Å². The van der Waals surface area contributed by atoms with E-state index in [4.69, 9.17) is 4.74 Å². The fourth-order valence-electron chi connectivity index (χ4n) is 5.30. The van der Waals surface area contributed by atoms with Crippen molar-refractivity contribution in [1.29, 1.82) is 0 Å². The number of hydrogen-bond acceptors (Lipinski definition) is 2. The number of rotatable bonds is 4. The second kappa shape index (κ2) is 5.58. The summed E-state index contributed by atoms with van der Waals surface area (Å²) in [5.74, 6) is 4.92. The first-order valence-electron chi connectivity index (χ1n) is 8.28. The summed E-state index contributed by atoms with van der Waals surface area (Å²) in [6.07, 6.45) is 7.43. The highest BCUT2D eigenvalue weighted by Crippen LogP contribution is 2.53. The molecule has 21 heavy (non-hydrogen) atoms. The van der Waals surface area contributed by atoms with Crippen molar-refractivity contribution in [2.45, 2.75) is 44.7 Å². The van der Waals surface area contributed by atoms with E-state index < -0.39 is 0 Å². The Morgan fingerprint density at radius 1 is 1.10 bits per heavy atom. The predicted molar refractivity (Wildman–Crippen MR) is 88.4 cm³/mol. The molecule has 0 spiro atoms. The van der Waals surface area contributed by atoms with E-state index in [0.29, 0.717) is 0 Å². The van der Waals surface area contributed by atoms with Gasteiger partial charge in [-0.2, -0.15) is 0 Å². The number of methoxy groups -OCH3 is 1. The van der Waals surface area contributed by atoms with Crippen LogP contribution in [0.15, 0.2) is 22.7 Å². The lowest BCUT2D eigenvalue weighted by molar-refractivity contribution is -0.0142. The number of ether oxygens (including phenoxy) is 1. The van der Waals surface area contributed by atoms with E-state index in [-0.39, 0.29) is 0 Å². The Balaban J connectivity index is 1.45. The molecule has 0 atom stereocenters. The zero-order valence-corrected chi connectivity index (χ0v) is 14.2.